The number of hydrogen-bond acceptors (Lipinski definition) is 9. The molecule has 1 saturated heterocycles. The molecule has 7 aliphatic rings. The van der Waals surface area contributed by atoms with Crippen molar-refractivity contribution in [3.63, 3.8) is 0 Å². The summed E-state index contributed by atoms with van der Waals surface area (Å²) in [4.78, 5) is 21.2. The minimum Gasteiger partial charge on any atom is -0.519 e. The lowest BCUT2D eigenvalue weighted by Crippen LogP contribution is -2.68. The summed E-state index contributed by atoms with van der Waals surface area (Å²) >= 11 is 0. The summed E-state index contributed by atoms with van der Waals surface area (Å²) in [6, 6.07) is 5.55. The number of nitriles is 1. The van der Waals surface area contributed by atoms with Crippen LogP contribution in [0.4, 0.5) is 0 Å². The van der Waals surface area contributed by atoms with E-state index in [2.05, 4.69) is 115 Å². The molecule has 1 aromatic heterocycles. The first-order valence-electron chi connectivity index (χ1n) is 25.7. The van der Waals surface area contributed by atoms with Gasteiger partial charge in [-0.1, -0.05) is 79.7 Å². The average Bonchev–Trinajstić information content (AvgIpc) is 3.63. The first kappa shape index (κ1) is 49.6. The first-order valence-corrected chi connectivity index (χ1v) is 30.5. The van der Waals surface area contributed by atoms with E-state index in [0.29, 0.717) is 67.0 Å². The Morgan fingerprint density at radius 1 is 0.955 bits per heavy atom. The van der Waals surface area contributed by atoms with Gasteiger partial charge in [0.2, 0.25) is 5.88 Å². The van der Waals surface area contributed by atoms with E-state index in [-0.39, 0.29) is 56.3 Å². The highest BCUT2D eigenvalue weighted by Crippen LogP contribution is 2.76. The van der Waals surface area contributed by atoms with Crippen LogP contribution in [-0.4, -0.2) is 82.4 Å². The summed E-state index contributed by atoms with van der Waals surface area (Å²) in [5.41, 5.74) is 4.70. The molecule has 0 amide bonds. The number of carbonyl (C=O) groups is 1. The van der Waals surface area contributed by atoms with E-state index in [1.807, 2.05) is 0 Å². The fourth-order valence-electron chi connectivity index (χ4n) is 15.8. The Bertz CT molecular complexity index is 2260. The maximum absolute atomic E-state index is 14.5. The molecule has 2 heterocycles. The number of allylic oxidation sites excluding steroid dienone is 5. The molecule has 0 spiro atoms. The molecular formula is C55H84N4O5SSi. The molecule has 0 bridgehead atoms. The molecule has 5 fully saturated rings. The molecule has 66 heavy (non-hydrogen) atoms. The van der Waals surface area contributed by atoms with E-state index in [4.69, 9.17) is 9.16 Å². The Morgan fingerprint density at radius 2 is 1.68 bits per heavy atom. The summed E-state index contributed by atoms with van der Waals surface area (Å²) in [6.45, 7) is 34.3. The smallest absolute Gasteiger partial charge is 0.302 e. The molecule has 1 aliphatic heterocycles. The number of carbonyl (C=O) groups excluding carboxylic acids is 1. The predicted molar refractivity (Wildman–Crippen MR) is 268 cm³/mol. The summed E-state index contributed by atoms with van der Waals surface area (Å²) in [5.74, 6) is 3.84. The van der Waals surface area contributed by atoms with Gasteiger partial charge in [-0.3, -0.25) is 4.79 Å². The molecule has 1 unspecified atom stereocenters. The lowest BCUT2D eigenvalue weighted by molar-refractivity contribution is -0.221. The Morgan fingerprint density at radius 3 is 2.30 bits per heavy atom. The number of hydrogen-bond donors (Lipinski definition) is 1. The van der Waals surface area contributed by atoms with E-state index in [1.54, 1.807) is 12.1 Å². The molecule has 0 aromatic carbocycles. The van der Waals surface area contributed by atoms with Gasteiger partial charge in [0.15, 0.2) is 9.84 Å². The molecule has 10 atom stereocenters. The monoisotopic (exact) mass is 941 g/mol. The lowest BCUT2D eigenvalue weighted by atomic mass is 9.33. The fourth-order valence-corrected chi connectivity index (χ4v) is 18.1. The molecule has 0 radical (unpaired) electrons. The van der Waals surface area contributed by atoms with Gasteiger partial charge >= 0.3 is 5.97 Å². The molecule has 4 saturated carbocycles. The molecule has 11 heteroatoms. The van der Waals surface area contributed by atoms with E-state index in [9.17, 15) is 18.5 Å². The topological polar surface area (TPSA) is 122 Å². The van der Waals surface area contributed by atoms with Crippen LogP contribution in [0.1, 0.15) is 145 Å². The van der Waals surface area contributed by atoms with Crippen LogP contribution < -0.4 is 10.1 Å². The molecule has 6 aliphatic carbocycles. The summed E-state index contributed by atoms with van der Waals surface area (Å²) in [6.07, 6.45) is 19.6. The number of nitrogens with zero attached hydrogens (tertiary/aromatic N) is 3. The van der Waals surface area contributed by atoms with Crippen LogP contribution in [0.2, 0.25) is 18.1 Å². The summed E-state index contributed by atoms with van der Waals surface area (Å²) in [7, 11) is -5.29. The lowest BCUT2D eigenvalue weighted by Gasteiger charge is -2.72. The Hall–Kier alpha value is -2.78. The van der Waals surface area contributed by atoms with Gasteiger partial charge in [-0.05, 0) is 171 Å². The summed E-state index contributed by atoms with van der Waals surface area (Å²) in [5, 5.41) is 13.4. The van der Waals surface area contributed by atoms with E-state index in [1.165, 1.54) is 74.3 Å². The van der Waals surface area contributed by atoms with Crippen molar-refractivity contribution in [2.24, 2.45) is 56.7 Å². The highest BCUT2D eigenvalue weighted by Gasteiger charge is 2.70. The van der Waals surface area contributed by atoms with Crippen molar-refractivity contribution in [1.82, 2.24) is 15.2 Å². The maximum Gasteiger partial charge on any atom is 0.302 e. The van der Waals surface area contributed by atoms with E-state index in [0.717, 1.165) is 25.9 Å². The van der Waals surface area contributed by atoms with Crippen LogP contribution in [0.3, 0.4) is 0 Å². The Kier molecular flexibility index (Phi) is 13.0. The van der Waals surface area contributed by atoms with Crippen molar-refractivity contribution >= 4 is 24.1 Å². The average molecular weight is 941 g/mol. The SMILES string of the molecule is C=C(C)[C@@H]1CC[C@]2(NCCN3CCS(=O)(=O)CC3)CC[C@]3(C)[C@H](CC[C@@H]4[C@@]5(C)CC=C(C6=CCC(COc7ccc(C#N)cn7)(C(=O)O[Si](C)(C)C(C)(C)C)CC6)C(C)(C)[C@@H]5CC[C@]43C)[C@@H]12. The van der Waals surface area contributed by atoms with Gasteiger partial charge in [-0.2, -0.15) is 5.26 Å². The zero-order valence-corrected chi connectivity index (χ0v) is 44.5. The maximum atomic E-state index is 14.5. The minimum atomic E-state index is -2.88. The van der Waals surface area contributed by atoms with Crippen LogP contribution in [0.25, 0.3) is 0 Å². The third-order valence-corrected chi connectivity index (χ3v) is 26.8. The van der Waals surface area contributed by atoms with Gasteiger partial charge in [0, 0.05) is 44.0 Å². The molecule has 9 nitrogen and oxygen atoms in total. The standard InChI is InChI=1S/C55H84N4O5SSi/c1-38(2)41-19-26-55(58-29-30-59-31-33-65(61,62)34-32-59)28-27-52(9)43(47(41)55)14-15-45-51(8)22-20-42(50(6,7)44(51)21-23-53(45,52)10)40-17-24-54(25-18-40,48(60)64-66(11,12)49(3,4)5)37-63-46-16-13-39(35-56)36-57-46/h13,16-17,20,36,41,43-45,47,58H,1,14-15,18-19,21-34,37H2,2-12H3/t41-,43+,44-,45+,47+,51-,52+,53+,54?,55-/m0/s1. The molecule has 1 N–H and O–H groups in total. The zero-order valence-electron chi connectivity index (χ0n) is 42.7. The van der Waals surface area contributed by atoms with Crippen LogP contribution in [-0.2, 0) is 19.1 Å². The third kappa shape index (κ3) is 8.33. The van der Waals surface area contributed by atoms with Crippen molar-refractivity contribution in [2.75, 3.05) is 44.3 Å². The number of fused-ring (bicyclic) bond motifs is 7. The van der Waals surface area contributed by atoms with Crippen molar-refractivity contribution in [1.29, 1.82) is 5.26 Å². The number of aromatic nitrogens is 1. The number of ether oxygens (including phenoxy) is 1. The Labute approximate surface area is 400 Å². The highest BCUT2D eigenvalue weighted by molar-refractivity contribution is 7.91. The molecule has 1 aromatic rings. The second-order valence-corrected chi connectivity index (χ2v) is 32.5. The fraction of sp³-hybridized carbons (Fsp3) is 0.764. The van der Waals surface area contributed by atoms with Crippen molar-refractivity contribution < 1.29 is 22.4 Å². The number of nitrogens with one attached hydrogen (secondary N) is 1. The van der Waals surface area contributed by atoms with Crippen molar-refractivity contribution in [3.05, 3.63) is 59.3 Å². The quantitative estimate of drug-likeness (QED) is 0.171. The van der Waals surface area contributed by atoms with Gasteiger partial charge in [0.25, 0.3) is 8.32 Å². The van der Waals surface area contributed by atoms with Crippen molar-refractivity contribution in [3.8, 4) is 11.9 Å². The first-order chi connectivity index (χ1) is 30.8. The highest BCUT2D eigenvalue weighted by atomic mass is 32.2. The zero-order chi connectivity index (χ0) is 47.9. The number of pyridine rings is 1. The van der Waals surface area contributed by atoms with Crippen LogP contribution >= 0.6 is 0 Å². The molecular weight excluding hydrogens is 857 g/mol. The largest absolute Gasteiger partial charge is 0.519 e. The minimum absolute atomic E-state index is 0.0108. The third-order valence-electron chi connectivity index (χ3n) is 20.9. The van der Waals surface area contributed by atoms with Gasteiger partial charge in [0.05, 0.1) is 17.1 Å². The van der Waals surface area contributed by atoms with Gasteiger partial charge in [0.1, 0.15) is 18.1 Å². The summed E-state index contributed by atoms with van der Waals surface area (Å²) < 4.78 is 37.1. The number of sulfone groups is 1. The second kappa shape index (κ2) is 17.3. The van der Waals surface area contributed by atoms with Crippen LogP contribution in [0.5, 0.6) is 5.88 Å². The Balaban J connectivity index is 1.02. The van der Waals surface area contributed by atoms with E-state index >= 15 is 0 Å². The second-order valence-electron chi connectivity index (χ2n) is 25.5. The molecule has 8 rings (SSSR count). The van der Waals surface area contributed by atoms with Crippen LogP contribution in [0.15, 0.2) is 53.8 Å². The van der Waals surface area contributed by atoms with E-state index < -0.39 is 23.6 Å². The van der Waals surface area contributed by atoms with Crippen LogP contribution in [0, 0.1) is 68.0 Å². The van der Waals surface area contributed by atoms with Gasteiger partial charge in [-0.15, -0.1) is 0 Å². The van der Waals surface area contributed by atoms with Crippen molar-refractivity contribution in [2.45, 2.75) is 163 Å². The molecule has 364 valence electrons. The van der Waals surface area contributed by atoms with Gasteiger partial charge < -0.3 is 19.4 Å². The predicted octanol–water partition coefficient (Wildman–Crippen LogP) is 11.2. The van der Waals surface area contributed by atoms with Gasteiger partial charge in [-0.25, -0.2) is 13.4 Å². The normalized spacial score (nSPS) is 38.5. The number of rotatable bonds is 11.